The highest BCUT2D eigenvalue weighted by Gasteiger charge is 2.51. The van der Waals surface area contributed by atoms with Crippen molar-refractivity contribution in [1.29, 1.82) is 0 Å². The van der Waals surface area contributed by atoms with Crippen LogP contribution in [0, 0.1) is 6.92 Å². The Bertz CT molecular complexity index is 830. The molecule has 1 aliphatic carbocycles. The molecule has 0 atom stereocenters. The first-order chi connectivity index (χ1) is 14.3. The molecule has 4 amide bonds. The molecule has 2 fully saturated rings. The number of carbonyl (C=O) groups is 3. The molecule has 0 unspecified atom stereocenters. The number of benzene rings is 1. The van der Waals surface area contributed by atoms with Gasteiger partial charge in [0.2, 0.25) is 5.91 Å². The maximum Gasteiger partial charge on any atom is 0.325 e. The van der Waals surface area contributed by atoms with Gasteiger partial charge < -0.3 is 19.7 Å². The summed E-state index contributed by atoms with van der Waals surface area (Å²) in [6.45, 7) is 2.01. The minimum absolute atomic E-state index is 0.255. The van der Waals surface area contributed by atoms with Crippen molar-refractivity contribution in [3.63, 3.8) is 0 Å². The van der Waals surface area contributed by atoms with E-state index in [2.05, 4.69) is 5.32 Å². The Labute approximate surface area is 177 Å². The number of likely N-dealkylation sites (N-methyl/N-ethyl adjacent to an activating group) is 1. The minimum Gasteiger partial charge on any atom is -0.493 e. The molecule has 8 nitrogen and oxygen atoms in total. The lowest BCUT2D eigenvalue weighted by molar-refractivity contribution is -0.138. The standard InChI is InChI=1S/C22H31N3O5/c1-15-11-17(29-3)18(30-4)12-16(15)13-24(2)19(26)14-25-20(27)22(23-21(25)28)9-7-5-6-8-10-22/h11-12H,5-10,13-14H2,1-4H3,(H,23,28). The summed E-state index contributed by atoms with van der Waals surface area (Å²) in [6, 6.07) is 3.23. The van der Waals surface area contributed by atoms with Crippen LogP contribution >= 0.6 is 0 Å². The fourth-order valence-electron chi connectivity index (χ4n) is 4.28. The fraction of sp³-hybridized carbons (Fsp3) is 0.591. The van der Waals surface area contributed by atoms with Crippen molar-refractivity contribution in [3.8, 4) is 11.5 Å². The topological polar surface area (TPSA) is 88.2 Å². The van der Waals surface area contributed by atoms with E-state index in [4.69, 9.17) is 9.47 Å². The Hall–Kier alpha value is -2.77. The van der Waals surface area contributed by atoms with E-state index in [9.17, 15) is 14.4 Å². The van der Waals surface area contributed by atoms with Gasteiger partial charge >= 0.3 is 6.03 Å². The lowest BCUT2D eigenvalue weighted by Crippen LogP contribution is -2.47. The van der Waals surface area contributed by atoms with Gasteiger partial charge in [-0.3, -0.25) is 14.5 Å². The molecule has 1 aromatic carbocycles. The van der Waals surface area contributed by atoms with Gasteiger partial charge in [-0.1, -0.05) is 25.7 Å². The molecule has 0 aromatic heterocycles. The molecule has 1 N–H and O–H groups in total. The molecule has 1 heterocycles. The summed E-state index contributed by atoms with van der Waals surface area (Å²) >= 11 is 0. The molecule has 164 valence electrons. The Balaban J connectivity index is 1.69. The van der Waals surface area contributed by atoms with Crippen LogP contribution in [0.1, 0.15) is 49.7 Å². The molecule has 30 heavy (non-hydrogen) atoms. The number of ether oxygens (including phenoxy) is 2. The number of carbonyl (C=O) groups excluding carboxylic acids is 3. The van der Waals surface area contributed by atoms with E-state index < -0.39 is 11.6 Å². The third kappa shape index (κ3) is 4.22. The smallest absolute Gasteiger partial charge is 0.325 e. The predicted octanol–water partition coefficient (Wildman–Crippen LogP) is 2.62. The van der Waals surface area contributed by atoms with Crippen LogP contribution in [-0.4, -0.2) is 61.0 Å². The molecular weight excluding hydrogens is 386 g/mol. The Kier molecular flexibility index (Phi) is 6.53. The van der Waals surface area contributed by atoms with Crippen LogP contribution in [-0.2, 0) is 16.1 Å². The maximum absolute atomic E-state index is 13.0. The number of methoxy groups -OCH3 is 2. The zero-order chi connectivity index (χ0) is 21.9. The van der Waals surface area contributed by atoms with Crippen LogP contribution in [0.25, 0.3) is 0 Å². The Morgan fingerprint density at radius 3 is 2.30 bits per heavy atom. The first kappa shape index (κ1) is 21.9. The molecular formula is C22H31N3O5. The number of imide groups is 1. The number of nitrogens with zero attached hydrogens (tertiary/aromatic N) is 2. The predicted molar refractivity (Wildman–Crippen MR) is 111 cm³/mol. The van der Waals surface area contributed by atoms with Gasteiger partial charge in [-0.2, -0.15) is 0 Å². The summed E-state index contributed by atoms with van der Waals surface area (Å²) in [5.74, 6) is 0.654. The number of hydrogen-bond acceptors (Lipinski definition) is 5. The molecule has 3 rings (SSSR count). The molecule has 1 aromatic rings. The summed E-state index contributed by atoms with van der Waals surface area (Å²) < 4.78 is 10.7. The maximum atomic E-state index is 13.0. The zero-order valence-electron chi connectivity index (χ0n) is 18.2. The second kappa shape index (κ2) is 8.93. The fourth-order valence-corrected chi connectivity index (χ4v) is 4.28. The normalized spacial score (nSPS) is 18.2. The van der Waals surface area contributed by atoms with Crippen molar-refractivity contribution in [2.24, 2.45) is 0 Å². The monoisotopic (exact) mass is 417 g/mol. The van der Waals surface area contributed by atoms with Crippen LogP contribution in [0.3, 0.4) is 0 Å². The number of hydrogen-bond donors (Lipinski definition) is 1. The van der Waals surface area contributed by atoms with Gasteiger partial charge in [-0.05, 0) is 43.0 Å². The van der Waals surface area contributed by atoms with E-state index in [1.807, 2.05) is 19.1 Å². The number of urea groups is 1. The third-order valence-corrected chi connectivity index (χ3v) is 6.17. The average Bonchev–Trinajstić information content (AvgIpc) is 2.88. The van der Waals surface area contributed by atoms with Gasteiger partial charge in [0, 0.05) is 13.6 Å². The second-order valence-electron chi connectivity index (χ2n) is 8.20. The van der Waals surface area contributed by atoms with E-state index in [1.165, 1.54) is 4.90 Å². The van der Waals surface area contributed by atoms with E-state index in [1.54, 1.807) is 21.3 Å². The van der Waals surface area contributed by atoms with E-state index >= 15 is 0 Å². The summed E-state index contributed by atoms with van der Waals surface area (Å²) in [6.07, 6.45) is 5.24. The van der Waals surface area contributed by atoms with Crippen LogP contribution in [0.5, 0.6) is 11.5 Å². The average molecular weight is 418 g/mol. The first-order valence-corrected chi connectivity index (χ1v) is 10.4. The molecule has 0 bridgehead atoms. The largest absolute Gasteiger partial charge is 0.493 e. The summed E-state index contributed by atoms with van der Waals surface area (Å²) in [5.41, 5.74) is 1.03. The first-order valence-electron chi connectivity index (χ1n) is 10.4. The lowest BCUT2D eigenvalue weighted by Gasteiger charge is -2.25. The highest BCUT2D eigenvalue weighted by Crippen LogP contribution is 2.33. The highest BCUT2D eigenvalue weighted by atomic mass is 16.5. The van der Waals surface area contributed by atoms with Crippen LogP contribution in [0.4, 0.5) is 4.79 Å². The van der Waals surface area contributed by atoms with Crippen molar-refractivity contribution >= 4 is 17.8 Å². The summed E-state index contributed by atoms with van der Waals surface area (Å²) in [7, 11) is 4.80. The molecule has 1 aliphatic heterocycles. The quantitative estimate of drug-likeness (QED) is 0.719. The SMILES string of the molecule is COc1cc(C)c(CN(C)C(=O)CN2C(=O)NC3(CCCCCC3)C2=O)cc1OC. The zero-order valence-corrected chi connectivity index (χ0v) is 18.2. The van der Waals surface area contributed by atoms with Crippen molar-refractivity contribution in [2.75, 3.05) is 27.8 Å². The Morgan fingerprint density at radius 1 is 1.10 bits per heavy atom. The van der Waals surface area contributed by atoms with Crippen molar-refractivity contribution in [1.82, 2.24) is 15.1 Å². The number of aryl methyl sites for hydroxylation is 1. The summed E-state index contributed by atoms with van der Waals surface area (Å²) in [4.78, 5) is 40.9. The molecule has 0 radical (unpaired) electrons. The van der Waals surface area contributed by atoms with Crippen molar-refractivity contribution in [2.45, 2.75) is 57.5 Å². The minimum atomic E-state index is -0.827. The second-order valence-corrected chi connectivity index (χ2v) is 8.20. The van der Waals surface area contributed by atoms with Crippen LogP contribution < -0.4 is 14.8 Å². The molecule has 1 saturated carbocycles. The Morgan fingerprint density at radius 2 is 1.70 bits per heavy atom. The van der Waals surface area contributed by atoms with Gasteiger partial charge in [0.05, 0.1) is 14.2 Å². The number of rotatable bonds is 6. The van der Waals surface area contributed by atoms with E-state index in [0.29, 0.717) is 30.9 Å². The number of amides is 4. The lowest BCUT2D eigenvalue weighted by atomic mass is 9.90. The van der Waals surface area contributed by atoms with Gasteiger partial charge in [0.15, 0.2) is 11.5 Å². The molecule has 8 heteroatoms. The van der Waals surface area contributed by atoms with Gasteiger partial charge in [0.1, 0.15) is 12.1 Å². The van der Waals surface area contributed by atoms with Crippen LogP contribution in [0.2, 0.25) is 0 Å². The van der Waals surface area contributed by atoms with Crippen molar-refractivity contribution in [3.05, 3.63) is 23.3 Å². The van der Waals surface area contributed by atoms with Crippen LogP contribution in [0.15, 0.2) is 12.1 Å². The van der Waals surface area contributed by atoms with Gasteiger partial charge in [0.25, 0.3) is 5.91 Å². The molecule has 2 aliphatic rings. The molecule has 1 saturated heterocycles. The van der Waals surface area contributed by atoms with E-state index in [0.717, 1.165) is 41.7 Å². The third-order valence-electron chi connectivity index (χ3n) is 6.17. The van der Waals surface area contributed by atoms with Gasteiger partial charge in [-0.25, -0.2) is 4.79 Å². The summed E-state index contributed by atoms with van der Waals surface area (Å²) in [5, 5.41) is 2.88. The van der Waals surface area contributed by atoms with E-state index in [-0.39, 0.29) is 18.4 Å². The van der Waals surface area contributed by atoms with Gasteiger partial charge in [-0.15, -0.1) is 0 Å². The molecule has 1 spiro atoms. The highest BCUT2D eigenvalue weighted by molar-refractivity contribution is 6.09. The van der Waals surface area contributed by atoms with Crippen molar-refractivity contribution < 1.29 is 23.9 Å². The number of nitrogens with one attached hydrogen (secondary N) is 1.